The van der Waals surface area contributed by atoms with Crippen LogP contribution in [0.2, 0.25) is 0 Å². The van der Waals surface area contributed by atoms with Crippen LogP contribution in [0.1, 0.15) is 335 Å². The van der Waals surface area contributed by atoms with E-state index in [1.807, 2.05) is 6.08 Å². The lowest BCUT2D eigenvalue weighted by Gasteiger charge is -2.18. The van der Waals surface area contributed by atoms with Gasteiger partial charge in [-0.3, -0.25) is 14.4 Å². The van der Waals surface area contributed by atoms with Gasteiger partial charge in [0.1, 0.15) is 13.2 Å². The average molecular weight is 1090 g/mol. The summed E-state index contributed by atoms with van der Waals surface area (Å²) in [6.45, 7) is 6.51. The fourth-order valence-electron chi connectivity index (χ4n) is 9.64. The maximum absolute atomic E-state index is 12.9. The number of unbranched alkanes of at least 4 members (excludes halogenated alkanes) is 36. The van der Waals surface area contributed by atoms with Gasteiger partial charge in [0.2, 0.25) is 0 Å². The molecule has 0 rings (SSSR count). The van der Waals surface area contributed by atoms with Crippen molar-refractivity contribution in [2.45, 2.75) is 341 Å². The fraction of sp³-hybridized carbons (Fsp3) is 0.764. The topological polar surface area (TPSA) is 78.9 Å². The van der Waals surface area contributed by atoms with Crippen LogP contribution < -0.4 is 0 Å². The quantitative estimate of drug-likeness (QED) is 0.0261. The molecule has 0 bridgehead atoms. The highest BCUT2D eigenvalue weighted by Crippen LogP contribution is 2.17. The van der Waals surface area contributed by atoms with E-state index in [2.05, 4.69) is 99.8 Å². The molecule has 0 fully saturated rings. The molecular weight excluding hydrogens is 961 g/mol. The first-order chi connectivity index (χ1) is 38.5. The van der Waals surface area contributed by atoms with Crippen LogP contribution in [0.15, 0.2) is 85.1 Å². The Hall–Kier alpha value is -3.41. The predicted octanol–water partition coefficient (Wildman–Crippen LogP) is 23.1. The number of carbonyl (C=O) groups is 3. The molecule has 0 N–H and O–H groups in total. The molecule has 0 aliphatic heterocycles. The van der Waals surface area contributed by atoms with E-state index in [4.69, 9.17) is 14.2 Å². The molecule has 78 heavy (non-hydrogen) atoms. The van der Waals surface area contributed by atoms with E-state index in [9.17, 15) is 14.4 Å². The summed E-state index contributed by atoms with van der Waals surface area (Å²) in [5.41, 5.74) is 0. The van der Waals surface area contributed by atoms with Gasteiger partial charge >= 0.3 is 17.9 Å². The molecule has 1 atom stereocenters. The Morgan fingerprint density at radius 2 is 0.526 bits per heavy atom. The molecule has 6 nitrogen and oxygen atoms in total. The van der Waals surface area contributed by atoms with Gasteiger partial charge in [-0.05, 0) is 83.5 Å². The van der Waals surface area contributed by atoms with E-state index < -0.39 is 6.10 Å². The lowest BCUT2D eigenvalue weighted by molar-refractivity contribution is -0.166. The fourth-order valence-corrected chi connectivity index (χ4v) is 9.64. The van der Waals surface area contributed by atoms with Gasteiger partial charge < -0.3 is 14.2 Å². The molecule has 0 saturated carbocycles. The van der Waals surface area contributed by atoms with Crippen molar-refractivity contribution in [3.63, 3.8) is 0 Å². The zero-order valence-electron chi connectivity index (χ0n) is 51.7. The summed E-state index contributed by atoms with van der Waals surface area (Å²) in [7, 11) is 0. The highest BCUT2D eigenvalue weighted by Gasteiger charge is 2.19. The molecule has 450 valence electrons. The molecule has 6 heteroatoms. The van der Waals surface area contributed by atoms with Crippen molar-refractivity contribution in [2.24, 2.45) is 0 Å². The maximum Gasteiger partial charge on any atom is 0.306 e. The third kappa shape index (κ3) is 63.4. The molecule has 0 saturated heterocycles. The number of esters is 3. The first-order valence-corrected chi connectivity index (χ1v) is 33.6. The minimum Gasteiger partial charge on any atom is -0.462 e. The molecule has 0 radical (unpaired) electrons. The minimum absolute atomic E-state index is 0.105. The first kappa shape index (κ1) is 74.6. The van der Waals surface area contributed by atoms with Crippen LogP contribution in [-0.2, 0) is 28.6 Å². The highest BCUT2D eigenvalue weighted by molar-refractivity contribution is 5.71. The van der Waals surface area contributed by atoms with E-state index in [-0.39, 0.29) is 37.5 Å². The van der Waals surface area contributed by atoms with Crippen molar-refractivity contribution in [1.82, 2.24) is 0 Å². The number of rotatable bonds is 61. The monoisotopic (exact) mass is 1090 g/mol. The second-order valence-electron chi connectivity index (χ2n) is 22.4. The van der Waals surface area contributed by atoms with Crippen LogP contribution in [0.4, 0.5) is 0 Å². The molecule has 0 spiro atoms. The van der Waals surface area contributed by atoms with Crippen LogP contribution >= 0.6 is 0 Å². The van der Waals surface area contributed by atoms with Gasteiger partial charge in [-0.1, -0.05) is 318 Å². The Kier molecular flexibility index (Phi) is 63.2. The summed E-state index contributed by atoms with van der Waals surface area (Å²) < 4.78 is 16.9. The largest absolute Gasteiger partial charge is 0.462 e. The maximum atomic E-state index is 12.9. The Bertz CT molecular complexity index is 1480. The minimum atomic E-state index is -0.819. The van der Waals surface area contributed by atoms with Crippen molar-refractivity contribution in [1.29, 1.82) is 0 Å². The van der Waals surface area contributed by atoms with Crippen molar-refractivity contribution in [3.8, 4) is 0 Å². The van der Waals surface area contributed by atoms with Crippen molar-refractivity contribution in [2.75, 3.05) is 13.2 Å². The lowest BCUT2D eigenvalue weighted by atomic mass is 10.0. The standard InChI is InChI=1S/C72H126O6/c1-4-7-10-13-16-19-22-25-28-31-34-35-36-37-39-41-44-47-50-53-56-59-62-65-71(74)77-68-69(67-76-70(73)64-61-58-55-52-49-46-43-40-33-30-27-24-21-18-15-12-9-6-3)78-72(75)66-63-60-57-54-51-48-45-42-38-32-29-26-23-20-17-14-11-8-5-2/h8,11,17,20,26,29-30,33,38,42,48,51,57,60,69H,4-7,9-10,12-16,18-19,21-25,27-28,31-32,34-37,39-41,43-47,49-50,52-56,58-59,61-68H2,1-3H3/b11-8-,20-17-,29-26-,33-30-,42-38-,51-48-,60-57-. The summed E-state index contributed by atoms with van der Waals surface area (Å²) in [5, 5.41) is 0. The summed E-state index contributed by atoms with van der Waals surface area (Å²) in [5.74, 6) is -0.978. The van der Waals surface area contributed by atoms with Crippen LogP contribution in [0.5, 0.6) is 0 Å². The van der Waals surface area contributed by atoms with Gasteiger partial charge in [0, 0.05) is 19.3 Å². The number of hydrogen-bond donors (Lipinski definition) is 0. The highest BCUT2D eigenvalue weighted by atomic mass is 16.6. The van der Waals surface area contributed by atoms with Gasteiger partial charge in [-0.15, -0.1) is 0 Å². The Morgan fingerprint density at radius 1 is 0.269 bits per heavy atom. The van der Waals surface area contributed by atoms with Crippen LogP contribution in [0.3, 0.4) is 0 Å². The summed E-state index contributed by atoms with van der Waals surface area (Å²) in [6.07, 6.45) is 87.6. The molecule has 0 aliphatic rings. The Morgan fingerprint density at radius 3 is 0.833 bits per heavy atom. The summed E-state index contributed by atoms with van der Waals surface area (Å²) >= 11 is 0. The van der Waals surface area contributed by atoms with Crippen LogP contribution in [-0.4, -0.2) is 37.2 Å². The van der Waals surface area contributed by atoms with Crippen LogP contribution in [0, 0.1) is 0 Å². The zero-order valence-corrected chi connectivity index (χ0v) is 51.7. The van der Waals surface area contributed by atoms with Crippen molar-refractivity contribution >= 4 is 17.9 Å². The van der Waals surface area contributed by atoms with Crippen molar-refractivity contribution in [3.05, 3.63) is 85.1 Å². The first-order valence-electron chi connectivity index (χ1n) is 33.6. The Labute approximate surface area is 484 Å². The van der Waals surface area contributed by atoms with Gasteiger partial charge in [-0.2, -0.15) is 0 Å². The van der Waals surface area contributed by atoms with Gasteiger partial charge in [0.25, 0.3) is 0 Å². The summed E-state index contributed by atoms with van der Waals surface area (Å²) in [4.78, 5) is 38.4. The van der Waals surface area contributed by atoms with E-state index in [1.165, 1.54) is 212 Å². The third-order valence-electron chi connectivity index (χ3n) is 14.6. The number of hydrogen-bond acceptors (Lipinski definition) is 6. The normalized spacial score (nSPS) is 12.6. The molecule has 0 aromatic heterocycles. The molecule has 0 aromatic rings. The average Bonchev–Trinajstić information content (AvgIpc) is 3.44. The lowest BCUT2D eigenvalue weighted by Crippen LogP contribution is -2.30. The molecule has 0 heterocycles. The van der Waals surface area contributed by atoms with Crippen molar-refractivity contribution < 1.29 is 28.6 Å². The molecule has 0 aliphatic carbocycles. The SMILES string of the molecule is CC/C=C\C/C=C\C/C=C\C/C=C\C/C=C\C/C=C\CCC(=O)OC(COC(=O)CCCCCCCCC/C=C\CCCCCCCCC)COC(=O)CCCCCCCCCCCCCCCCCCCCCCCCC. The zero-order chi connectivity index (χ0) is 56.4. The number of carbonyl (C=O) groups excluding carboxylic acids is 3. The molecule has 0 aromatic carbocycles. The Balaban J connectivity index is 4.42. The molecule has 1 unspecified atom stereocenters. The van der Waals surface area contributed by atoms with E-state index in [0.717, 1.165) is 77.0 Å². The van der Waals surface area contributed by atoms with E-state index in [1.54, 1.807) is 0 Å². The van der Waals surface area contributed by atoms with Crippen LogP contribution in [0.25, 0.3) is 0 Å². The predicted molar refractivity (Wildman–Crippen MR) is 339 cm³/mol. The number of ether oxygens (including phenoxy) is 3. The molecular formula is C72H126O6. The second-order valence-corrected chi connectivity index (χ2v) is 22.4. The van der Waals surface area contributed by atoms with Gasteiger partial charge in [0.05, 0.1) is 0 Å². The summed E-state index contributed by atoms with van der Waals surface area (Å²) in [6, 6.07) is 0. The number of allylic oxidation sites excluding steroid dienone is 14. The van der Waals surface area contributed by atoms with E-state index in [0.29, 0.717) is 19.3 Å². The molecule has 0 amide bonds. The third-order valence-corrected chi connectivity index (χ3v) is 14.6. The van der Waals surface area contributed by atoms with Gasteiger partial charge in [-0.25, -0.2) is 0 Å². The van der Waals surface area contributed by atoms with E-state index >= 15 is 0 Å². The second kappa shape index (κ2) is 66.1. The smallest absolute Gasteiger partial charge is 0.306 e. The van der Waals surface area contributed by atoms with Gasteiger partial charge in [0.15, 0.2) is 6.10 Å².